The number of carbonyl (C=O) groups is 1. The van der Waals surface area contributed by atoms with E-state index >= 15 is 0 Å². The third-order valence-electron chi connectivity index (χ3n) is 4.73. The second kappa shape index (κ2) is 8.23. The number of methoxy groups -OCH3 is 1. The number of aromatic nitrogens is 2. The van der Waals surface area contributed by atoms with Gasteiger partial charge in [-0.15, -0.1) is 0 Å². The lowest BCUT2D eigenvalue weighted by Crippen LogP contribution is -2.15. The van der Waals surface area contributed by atoms with Crippen LogP contribution in [0, 0.1) is 5.82 Å². The Bertz CT molecular complexity index is 1280. The first-order chi connectivity index (χ1) is 14.9. The molecule has 0 saturated heterocycles. The fourth-order valence-electron chi connectivity index (χ4n) is 3.47. The number of benzene rings is 2. The van der Waals surface area contributed by atoms with Crippen LogP contribution in [0.3, 0.4) is 0 Å². The lowest BCUT2D eigenvalue weighted by Gasteiger charge is -2.12. The Kier molecular flexibility index (Phi) is 5.48. The number of nitrogen functional groups attached to an aromatic ring is 1. The predicted octanol–water partition coefficient (Wildman–Crippen LogP) is 4.94. The van der Waals surface area contributed by atoms with Gasteiger partial charge in [0.1, 0.15) is 11.6 Å². The Morgan fingerprint density at radius 1 is 1.19 bits per heavy atom. The number of nitrogens with zero attached hydrogens (tertiary/aromatic N) is 1. The minimum atomic E-state index is -0.509. The normalized spacial score (nSPS) is 11.4. The van der Waals surface area contributed by atoms with Gasteiger partial charge in [0.2, 0.25) is 0 Å². The molecule has 0 atom stereocenters. The van der Waals surface area contributed by atoms with Crippen LogP contribution in [0.2, 0.25) is 0 Å². The molecule has 160 valence electrons. The van der Waals surface area contributed by atoms with Gasteiger partial charge in [-0.1, -0.05) is 0 Å². The highest BCUT2D eigenvalue weighted by molar-refractivity contribution is 6.11. The molecular weight excluding hydrogens is 401 g/mol. The lowest BCUT2D eigenvalue weighted by molar-refractivity contribution is 0.0366. The zero-order valence-corrected chi connectivity index (χ0v) is 17.4. The van der Waals surface area contributed by atoms with Gasteiger partial charge < -0.3 is 24.9 Å². The minimum Gasteiger partial charge on any atom is -0.458 e. The van der Waals surface area contributed by atoms with E-state index in [-0.39, 0.29) is 24.1 Å². The van der Waals surface area contributed by atoms with Crippen molar-refractivity contribution in [2.75, 3.05) is 12.8 Å². The number of carbonyl (C=O) groups excluding carboxylic acids is 1. The molecule has 0 aliphatic carbocycles. The molecule has 0 unspecified atom stereocenters. The first-order valence-electron chi connectivity index (χ1n) is 9.73. The Balaban J connectivity index is 1.85. The molecule has 4 rings (SSSR count). The molecule has 3 N–H and O–H groups in total. The van der Waals surface area contributed by atoms with Crippen molar-refractivity contribution in [2.24, 2.45) is 0 Å². The van der Waals surface area contributed by atoms with Gasteiger partial charge in [-0.3, -0.25) is 0 Å². The molecule has 4 aromatic rings. The smallest absolute Gasteiger partial charge is 0.357 e. The molecule has 31 heavy (non-hydrogen) atoms. The number of aromatic amines is 1. The number of ether oxygens (including phenoxy) is 3. The van der Waals surface area contributed by atoms with Crippen LogP contribution < -0.4 is 10.5 Å². The summed E-state index contributed by atoms with van der Waals surface area (Å²) in [7, 11) is 1.55. The van der Waals surface area contributed by atoms with E-state index in [1.165, 1.54) is 18.2 Å². The van der Waals surface area contributed by atoms with Crippen molar-refractivity contribution < 1.29 is 23.4 Å². The molecule has 0 bridgehead atoms. The van der Waals surface area contributed by atoms with Crippen LogP contribution >= 0.6 is 0 Å². The van der Waals surface area contributed by atoms with Crippen molar-refractivity contribution in [3.05, 3.63) is 59.7 Å². The maximum Gasteiger partial charge on any atom is 0.357 e. The van der Waals surface area contributed by atoms with Crippen molar-refractivity contribution in [1.29, 1.82) is 0 Å². The molecule has 7 nitrogen and oxygen atoms in total. The molecule has 0 saturated carbocycles. The van der Waals surface area contributed by atoms with Crippen LogP contribution in [0.5, 0.6) is 11.5 Å². The molecule has 0 spiro atoms. The molecule has 0 fully saturated rings. The number of anilines is 1. The number of nitrogens with one attached hydrogen (secondary N) is 1. The van der Waals surface area contributed by atoms with Gasteiger partial charge in [0, 0.05) is 35.0 Å². The van der Waals surface area contributed by atoms with Crippen LogP contribution in [-0.4, -0.2) is 29.2 Å². The Morgan fingerprint density at radius 3 is 2.71 bits per heavy atom. The summed E-state index contributed by atoms with van der Waals surface area (Å²) in [6, 6.07) is 9.42. The summed E-state index contributed by atoms with van der Waals surface area (Å²) in [5.41, 5.74) is 8.47. The van der Waals surface area contributed by atoms with Gasteiger partial charge in [0.05, 0.1) is 30.1 Å². The van der Waals surface area contributed by atoms with Gasteiger partial charge in [0.15, 0.2) is 11.4 Å². The average Bonchev–Trinajstić information content (AvgIpc) is 3.08. The largest absolute Gasteiger partial charge is 0.458 e. The van der Waals surface area contributed by atoms with E-state index in [4.69, 9.17) is 19.9 Å². The topological polar surface area (TPSA) is 99.5 Å². The van der Waals surface area contributed by atoms with E-state index in [2.05, 4.69) is 9.97 Å². The zero-order chi connectivity index (χ0) is 22.1. The van der Waals surface area contributed by atoms with Crippen LogP contribution in [0.25, 0.3) is 21.8 Å². The van der Waals surface area contributed by atoms with E-state index in [1.54, 1.807) is 33.2 Å². The fraction of sp³-hybridized carbons (Fsp3) is 0.217. The monoisotopic (exact) mass is 423 g/mol. The molecule has 8 heteroatoms. The molecule has 0 radical (unpaired) electrons. The number of hydrogen-bond donors (Lipinski definition) is 2. The van der Waals surface area contributed by atoms with Crippen LogP contribution in [0.15, 0.2) is 42.6 Å². The maximum absolute atomic E-state index is 13.3. The summed E-state index contributed by atoms with van der Waals surface area (Å²) in [4.78, 5) is 20.2. The summed E-state index contributed by atoms with van der Waals surface area (Å²) in [5, 5.41) is 1.61. The highest BCUT2D eigenvalue weighted by Crippen LogP contribution is 2.35. The van der Waals surface area contributed by atoms with E-state index in [9.17, 15) is 9.18 Å². The van der Waals surface area contributed by atoms with E-state index in [0.29, 0.717) is 17.1 Å². The van der Waals surface area contributed by atoms with Gasteiger partial charge in [0.25, 0.3) is 0 Å². The maximum atomic E-state index is 13.3. The van der Waals surface area contributed by atoms with Crippen molar-refractivity contribution in [3.63, 3.8) is 0 Å². The number of halogens is 1. The summed E-state index contributed by atoms with van der Waals surface area (Å²) < 4.78 is 29.9. The zero-order valence-electron chi connectivity index (χ0n) is 17.4. The van der Waals surface area contributed by atoms with Crippen LogP contribution in [0.4, 0.5) is 10.1 Å². The number of H-pyrrole nitrogens is 1. The molecule has 0 aliphatic rings. The first kappa shape index (κ1) is 20.6. The summed E-state index contributed by atoms with van der Waals surface area (Å²) in [6.45, 7) is 3.74. The van der Waals surface area contributed by atoms with Gasteiger partial charge >= 0.3 is 5.97 Å². The molecule has 0 amide bonds. The summed E-state index contributed by atoms with van der Waals surface area (Å²) >= 11 is 0. The van der Waals surface area contributed by atoms with Crippen molar-refractivity contribution in [2.45, 2.75) is 26.6 Å². The second-order valence-corrected chi connectivity index (χ2v) is 7.38. The van der Waals surface area contributed by atoms with E-state index < -0.39 is 11.8 Å². The molecule has 2 aromatic heterocycles. The quantitative estimate of drug-likeness (QED) is 0.337. The predicted molar refractivity (Wildman–Crippen MR) is 116 cm³/mol. The summed E-state index contributed by atoms with van der Waals surface area (Å²) in [5.74, 6) is -0.0852. The average molecular weight is 423 g/mol. The summed E-state index contributed by atoms with van der Waals surface area (Å²) in [6.07, 6.45) is 1.33. The molecule has 2 heterocycles. The van der Waals surface area contributed by atoms with Crippen molar-refractivity contribution >= 4 is 33.5 Å². The fourth-order valence-corrected chi connectivity index (χ4v) is 3.47. The van der Waals surface area contributed by atoms with E-state index in [1.807, 2.05) is 12.1 Å². The van der Waals surface area contributed by atoms with Crippen molar-refractivity contribution in [1.82, 2.24) is 9.97 Å². The Hall–Kier alpha value is -3.65. The van der Waals surface area contributed by atoms with Crippen LogP contribution in [0.1, 0.15) is 29.9 Å². The standard InChI is InChI=1S/C23H22FN3O4/c1-12(2)30-23(28)22-16(11-29-3)21-15-9-14(5-6-18(15)27-19(21)10-26-22)31-20-7-4-13(24)8-17(20)25/h4-10,12,27H,11,25H2,1-3H3. The number of hydrogen-bond acceptors (Lipinski definition) is 6. The molecular formula is C23H22FN3O4. The number of rotatable bonds is 6. The lowest BCUT2D eigenvalue weighted by atomic mass is 10.1. The number of nitrogens with two attached hydrogens (primary N) is 1. The van der Waals surface area contributed by atoms with Gasteiger partial charge in [-0.2, -0.15) is 0 Å². The number of esters is 1. The van der Waals surface area contributed by atoms with Gasteiger partial charge in [-0.25, -0.2) is 14.2 Å². The third kappa shape index (κ3) is 4.02. The Morgan fingerprint density at radius 2 is 2.00 bits per heavy atom. The minimum absolute atomic E-state index is 0.176. The highest BCUT2D eigenvalue weighted by atomic mass is 19.1. The SMILES string of the molecule is COCc1c(C(=O)OC(C)C)ncc2[nH]c3ccc(Oc4ccc(F)cc4N)cc3c12. The molecule has 0 aliphatic heterocycles. The first-order valence-corrected chi connectivity index (χ1v) is 9.73. The second-order valence-electron chi connectivity index (χ2n) is 7.38. The highest BCUT2D eigenvalue weighted by Gasteiger charge is 2.21. The number of pyridine rings is 1. The molecule has 2 aromatic carbocycles. The number of fused-ring (bicyclic) bond motifs is 3. The van der Waals surface area contributed by atoms with Crippen molar-refractivity contribution in [3.8, 4) is 11.5 Å². The Labute approximate surface area is 177 Å². The van der Waals surface area contributed by atoms with E-state index in [0.717, 1.165) is 21.8 Å². The van der Waals surface area contributed by atoms with Crippen LogP contribution in [-0.2, 0) is 16.1 Å². The third-order valence-corrected chi connectivity index (χ3v) is 4.73. The van der Waals surface area contributed by atoms with Gasteiger partial charge in [-0.05, 0) is 44.2 Å².